The van der Waals surface area contributed by atoms with Crippen LogP contribution in [0.4, 0.5) is 4.39 Å². The number of halogens is 1. The second-order valence-corrected chi connectivity index (χ2v) is 6.88. The minimum atomic E-state index is -0.301. The Morgan fingerprint density at radius 2 is 1.96 bits per heavy atom. The predicted molar refractivity (Wildman–Crippen MR) is 99.6 cm³/mol. The van der Waals surface area contributed by atoms with Crippen molar-refractivity contribution in [2.45, 2.75) is 13.5 Å². The van der Waals surface area contributed by atoms with Crippen LogP contribution in [0, 0.1) is 12.7 Å². The summed E-state index contributed by atoms with van der Waals surface area (Å²) in [5, 5.41) is 1.87. The molecule has 0 N–H and O–H groups in total. The number of aromatic nitrogens is 2. The lowest BCUT2D eigenvalue weighted by Gasteiger charge is -2.06. The number of hydrogen-bond acceptors (Lipinski definition) is 3. The van der Waals surface area contributed by atoms with Crippen LogP contribution in [-0.4, -0.2) is 9.55 Å². The van der Waals surface area contributed by atoms with E-state index in [9.17, 15) is 9.18 Å². The summed E-state index contributed by atoms with van der Waals surface area (Å²) in [5.41, 5.74) is 4.31. The van der Waals surface area contributed by atoms with Crippen LogP contribution in [0.3, 0.4) is 0 Å². The van der Waals surface area contributed by atoms with Crippen LogP contribution < -0.4 is 5.56 Å². The van der Waals surface area contributed by atoms with Crippen molar-refractivity contribution < 1.29 is 4.39 Å². The summed E-state index contributed by atoms with van der Waals surface area (Å²) in [5.74, 6) is -0.301. The molecule has 0 fully saturated rings. The van der Waals surface area contributed by atoms with Crippen molar-refractivity contribution in [3.8, 4) is 11.1 Å². The summed E-state index contributed by atoms with van der Waals surface area (Å²) < 4.78 is 15.7. The third-order valence-corrected chi connectivity index (χ3v) is 5.11. The second-order valence-electron chi connectivity index (χ2n) is 6.00. The molecular weight excluding hydrogens is 335 g/mol. The van der Waals surface area contributed by atoms with Crippen molar-refractivity contribution in [2.24, 2.45) is 0 Å². The average molecular weight is 350 g/mol. The molecule has 0 atom stereocenters. The SMILES string of the molecule is Cc1ccc(Cn2cnc3c(-c4cccc(F)c4)csc3c2=O)cc1. The number of rotatable bonds is 3. The molecule has 2 heterocycles. The Labute approximate surface area is 148 Å². The van der Waals surface area contributed by atoms with Gasteiger partial charge in [0.15, 0.2) is 0 Å². The van der Waals surface area contributed by atoms with Crippen LogP contribution in [0.2, 0.25) is 0 Å². The number of hydrogen-bond donors (Lipinski definition) is 0. The first-order valence-electron chi connectivity index (χ1n) is 7.90. The van der Waals surface area contributed by atoms with Gasteiger partial charge in [-0.3, -0.25) is 9.36 Å². The topological polar surface area (TPSA) is 34.9 Å². The second kappa shape index (κ2) is 6.26. The summed E-state index contributed by atoms with van der Waals surface area (Å²) >= 11 is 1.35. The Bertz CT molecular complexity index is 1110. The Balaban J connectivity index is 1.77. The summed E-state index contributed by atoms with van der Waals surface area (Å²) in [7, 11) is 0. The number of thiophene rings is 1. The van der Waals surface area contributed by atoms with E-state index in [1.54, 1.807) is 17.0 Å². The lowest BCUT2D eigenvalue weighted by atomic mass is 10.1. The van der Waals surface area contributed by atoms with Crippen LogP contribution in [0.25, 0.3) is 21.3 Å². The Kier molecular flexibility index (Phi) is 3.93. The Morgan fingerprint density at radius 1 is 1.16 bits per heavy atom. The lowest BCUT2D eigenvalue weighted by Crippen LogP contribution is -2.20. The average Bonchev–Trinajstić information content (AvgIpc) is 3.04. The molecule has 3 nitrogen and oxygen atoms in total. The first-order valence-corrected chi connectivity index (χ1v) is 8.78. The van der Waals surface area contributed by atoms with Crippen LogP contribution >= 0.6 is 11.3 Å². The molecule has 0 spiro atoms. The quantitative estimate of drug-likeness (QED) is 0.540. The fraction of sp³-hybridized carbons (Fsp3) is 0.100. The molecule has 5 heteroatoms. The fourth-order valence-electron chi connectivity index (χ4n) is 2.81. The molecule has 0 unspecified atom stereocenters. The van der Waals surface area contributed by atoms with E-state index in [0.717, 1.165) is 16.7 Å². The van der Waals surface area contributed by atoms with Gasteiger partial charge in [-0.1, -0.05) is 42.0 Å². The van der Waals surface area contributed by atoms with Crippen LogP contribution in [0.5, 0.6) is 0 Å². The van der Waals surface area contributed by atoms with Gasteiger partial charge in [0.1, 0.15) is 10.5 Å². The molecule has 25 heavy (non-hydrogen) atoms. The van der Waals surface area contributed by atoms with Gasteiger partial charge >= 0.3 is 0 Å². The fourth-order valence-corrected chi connectivity index (χ4v) is 3.78. The van der Waals surface area contributed by atoms with E-state index >= 15 is 0 Å². The van der Waals surface area contributed by atoms with Crippen molar-refractivity contribution in [1.82, 2.24) is 9.55 Å². The minimum absolute atomic E-state index is 0.0711. The molecule has 0 saturated carbocycles. The lowest BCUT2D eigenvalue weighted by molar-refractivity contribution is 0.628. The number of benzene rings is 2. The molecule has 2 aromatic carbocycles. The maximum absolute atomic E-state index is 13.5. The summed E-state index contributed by atoms with van der Waals surface area (Å²) in [6.07, 6.45) is 1.57. The molecule has 0 radical (unpaired) electrons. The molecular formula is C20H15FN2OS. The van der Waals surface area contributed by atoms with E-state index in [4.69, 9.17) is 0 Å². The summed E-state index contributed by atoms with van der Waals surface area (Å²) in [6.45, 7) is 2.51. The smallest absolute Gasteiger partial charge is 0.271 e. The first-order chi connectivity index (χ1) is 12.1. The van der Waals surface area contributed by atoms with Gasteiger partial charge in [-0.25, -0.2) is 9.37 Å². The van der Waals surface area contributed by atoms with Gasteiger partial charge in [0, 0.05) is 10.9 Å². The van der Waals surface area contributed by atoms with E-state index in [2.05, 4.69) is 4.98 Å². The predicted octanol–water partition coefficient (Wildman–Crippen LogP) is 4.62. The molecule has 0 aliphatic heterocycles. The first kappa shape index (κ1) is 15.7. The molecule has 4 aromatic rings. The van der Waals surface area contributed by atoms with Gasteiger partial charge in [-0.15, -0.1) is 11.3 Å². The third-order valence-electron chi connectivity index (χ3n) is 4.16. The van der Waals surface area contributed by atoms with Gasteiger partial charge in [0.2, 0.25) is 0 Å². The van der Waals surface area contributed by atoms with E-state index in [1.165, 1.54) is 29.0 Å². The molecule has 124 valence electrons. The zero-order chi connectivity index (χ0) is 17.4. The minimum Gasteiger partial charge on any atom is -0.294 e. The molecule has 0 aliphatic carbocycles. The third kappa shape index (κ3) is 2.98. The monoisotopic (exact) mass is 350 g/mol. The van der Waals surface area contributed by atoms with Crippen molar-refractivity contribution in [2.75, 3.05) is 0 Å². The van der Waals surface area contributed by atoms with Gasteiger partial charge in [-0.2, -0.15) is 0 Å². The van der Waals surface area contributed by atoms with E-state index < -0.39 is 0 Å². The molecule has 0 saturated heterocycles. The number of aryl methyl sites for hydroxylation is 1. The number of fused-ring (bicyclic) bond motifs is 1. The van der Waals surface area contributed by atoms with Crippen LogP contribution in [0.15, 0.2) is 65.0 Å². The highest BCUT2D eigenvalue weighted by atomic mass is 32.1. The molecule has 4 rings (SSSR count). The van der Waals surface area contributed by atoms with Crippen molar-refractivity contribution in [3.05, 3.63) is 87.5 Å². The highest BCUT2D eigenvalue weighted by Crippen LogP contribution is 2.31. The van der Waals surface area contributed by atoms with Gasteiger partial charge < -0.3 is 0 Å². The maximum Gasteiger partial charge on any atom is 0.271 e. The zero-order valence-corrected chi connectivity index (χ0v) is 14.4. The summed E-state index contributed by atoms with van der Waals surface area (Å²) in [4.78, 5) is 17.2. The largest absolute Gasteiger partial charge is 0.294 e. The van der Waals surface area contributed by atoms with Gasteiger partial charge in [0.25, 0.3) is 5.56 Å². The maximum atomic E-state index is 13.5. The van der Waals surface area contributed by atoms with Crippen LogP contribution in [0.1, 0.15) is 11.1 Å². The standard InChI is InChI=1S/C20H15FN2OS/c1-13-5-7-14(8-6-13)10-23-12-22-18-17(11-25-19(18)20(23)24)15-3-2-4-16(21)9-15/h2-9,11-12H,10H2,1H3. The normalized spacial score (nSPS) is 11.1. The molecule has 0 bridgehead atoms. The molecule has 0 aliphatic rings. The Morgan fingerprint density at radius 3 is 2.72 bits per heavy atom. The molecule has 0 amide bonds. The van der Waals surface area contributed by atoms with E-state index in [0.29, 0.717) is 16.8 Å². The highest BCUT2D eigenvalue weighted by Gasteiger charge is 2.13. The Hall–Kier alpha value is -2.79. The van der Waals surface area contributed by atoms with Crippen molar-refractivity contribution in [3.63, 3.8) is 0 Å². The summed E-state index contributed by atoms with van der Waals surface area (Å²) in [6, 6.07) is 14.4. The molecule has 2 aromatic heterocycles. The highest BCUT2D eigenvalue weighted by molar-refractivity contribution is 7.17. The van der Waals surface area contributed by atoms with Gasteiger partial charge in [-0.05, 0) is 30.2 Å². The van der Waals surface area contributed by atoms with Crippen molar-refractivity contribution >= 4 is 21.6 Å². The number of nitrogens with zero attached hydrogens (tertiary/aromatic N) is 2. The van der Waals surface area contributed by atoms with Crippen LogP contribution in [-0.2, 0) is 6.54 Å². The zero-order valence-electron chi connectivity index (χ0n) is 13.6. The van der Waals surface area contributed by atoms with Crippen molar-refractivity contribution in [1.29, 1.82) is 0 Å². The van der Waals surface area contributed by atoms with E-state index in [-0.39, 0.29) is 11.4 Å². The van der Waals surface area contributed by atoms with E-state index in [1.807, 2.05) is 42.6 Å². The van der Waals surface area contributed by atoms with Gasteiger partial charge in [0.05, 0.1) is 18.4 Å².